The third-order valence-electron chi connectivity index (χ3n) is 2.07. The van der Waals surface area contributed by atoms with Crippen molar-refractivity contribution < 1.29 is 14.3 Å². The Morgan fingerprint density at radius 2 is 1.95 bits per heavy atom. The van der Waals surface area contributed by atoms with E-state index < -0.39 is 0 Å². The quantitative estimate of drug-likeness (QED) is 0.904. The van der Waals surface area contributed by atoms with Gasteiger partial charge in [-0.25, -0.2) is 0 Å². The van der Waals surface area contributed by atoms with E-state index in [4.69, 9.17) is 14.3 Å². The molecule has 1 aromatic carbocycles. The molecule has 0 saturated heterocycles. The molecular formula is C13H13N3O3. The van der Waals surface area contributed by atoms with Crippen LogP contribution in [0.15, 0.2) is 30.5 Å². The van der Waals surface area contributed by atoms with Gasteiger partial charge in [0, 0.05) is 0 Å². The molecule has 0 aliphatic rings. The van der Waals surface area contributed by atoms with Crippen molar-refractivity contribution in [3.8, 4) is 5.75 Å². The fourth-order valence-electron chi connectivity index (χ4n) is 1.31. The van der Waals surface area contributed by atoms with Crippen molar-refractivity contribution in [2.75, 3.05) is 6.61 Å². The maximum atomic E-state index is 8.12. The molecule has 0 atom stereocenters. The molecule has 0 aliphatic heterocycles. The van der Waals surface area contributed by atoms with Crippen LogP contribution in [0.4, 0.5) is 0 Å². The Bertz CT molecular complexity index is 527. The van der Waals surface area contributed by atoms with Gasteiger partial charge in [0.1, 0.15) is 11.4 Å². The van der Waals surface area contributed by atoms with Gasteiger partial charge >= 0.3 is 6.15 Å². The second-order valence-electron chi connectivity index (χ2n) is 3.31. The van der Waals surface area contributed by atoms with Crippen LogP contribution in [0.3, 0.4) is 0 Å². The number of benzene rings is 1. The smallest absolute Gasteiger partial charge is 0.373 e. The first kappa shape index (κ1) is 14.3. The van der Waals surface area contributed by atoms with Gasteiger partial charge in [-0.1, -0.05) is 18.2 Å². The second-order valence-corrected chi connectivity index (χ2v) is 3.31. The van der Waals surface area contributed by atoms with E-state index in [9.17, 15) is 0 Å². The first-order valence-corrected chi connectivity index (χ1v) is 5.56. The summed E-state index contributed by atoms with van der Waals surface area (Å²) in [5, 5.41) is 10.2. The fourth-order valence-corrected chi connectivity index (χ4v) is 1.31. The van der Waals surface area contributed by atoms with Crippen molar-refractivity contribution in [3.63, 3.8) is 0 Å². The number of nitrogens with zero attached hydrogens (tertiary/aromatic N) is 2. The van der Waals surface area contributed by atoms with Gasteiger partial charge < -0.3 is 4.74 Å². The summed E-state index contributed by atoms with van der Waals surface area (Å²) in [4.78, 5) is 16.2. The maximum Gasteiger partial charge on any atom is 0.373 e. The van der Waals surface area contributed by atoms with E-state index in [0.717, 1.165) is 17.0 Å². The first-order chi connectivity index (χ1) is 9.30. The number of ether oxygens (including phenoxy) is 1. The van der Waals surface area contributed by atoms with Crippen LogP contribution in [0.5, 0.6) is 5.75 Å². The lowest BCUT2D eigenvalue weighted by Gasteiger charge is -2.01. The summed E-state index contributed by atoms with van der Waals surface area (Å²) in [5.74, 6) is 0.890. The number of hydrogen-bond acceptors (Lipinski definition) is 5. The van der Waals surface area contributed by atoms with Crippen molar-refractivity contribution in [2.45, 2.75) is 6.92 Å². The van der Waals surface area contributed by atoms with Gasteiger partial charge in [-0.3, -0.25) is 0 Å². The minimum atomic E-state index is 0.250. The summed E-state index contributed by atoms with van der Waals surface area (Å²) in [6, 6.07) is 7.90. The van der Waals surface area contributed by atoms with Crippen LogP contribution in [0.25, 0.3) is 12.2 Å². The monoisotopic (exact) mass is 259 g/mol. The van der Waals surface area contributed by atoms with Crippen molar-refractivity contribution in [3.05, 3.63) is 41.7 Å². The van der Waals surface area contributed by atoms with Crippen molar-refractivity contribution in [1.82, 2.24) is 15.4 Å². The zero-order valence-corrected chi connectivity index (χ0v) is 10.4. The molecule has 0 saturated carbocycles. The SMILES string of the molecule is CCOc1ccc(C=Cc2cn[nH]n2)cc1.O=C=O. The third-order valence-corrected chi connectivity index (χ3v) is 2.07. The average molecular weight is 259 g/mol. The van der Waals surface area contributed by atoms with Crippen LogP contribution in [0, 0.1) is 0 Å². The van der Waals surface area contributed by atoms with Crippen molar-refractivity contribution in [2.24, 2.45) is 0 Å². The van der Waals surface area contributed by atoms with E-state index in [1.807, 2.05) is 43.3 Å². The highest BCUT2D eigenvalue weighted by molar-refractivity contribution is 5.67. The van der Waals surface area contributed by atoms with E-state index in [1.54, 1.807) is 6.20 Å². The lowest BCUT2D eigenvalue weighted by atomic mass is 10.2. The zero-order valence-electron chi connectivity index (χ0n) is 10.4. The van der Waals surface area contributed by atoms with Gasteiger partial charge in [-0.05, 0) is 30.7 Å². The summed E-state index contributed by atoms with van der Waals surface area (Å²) >= 11 is 0. The van der Waals surface area contributed by atoms with Crippen molar-refractivity contribution in [1.29, 1.82) is 0 Å². The van der Waals surface area contributed by atoms with Crippen LogP contribution in [-0.2, 0) is 9.59 Å². The zero-order chi connectivity index (χ0) is 13.9. The van der Waals surface area contributed by atoms with Crippen LogP contribution in [0.1, 0.15) is 18.2 Å². The predicted octanol–water partition coefficient (Wildman–Crippen LogP) is 1.79. The molecule has 0 radical (unpaired) electrons. The Labute approximate surface area is 110 Å². The molecule has 1 heterocycles. The number of nitrogens with one attached hydrogen (secondary N) is 1. The number of aromatic amines is 1. The summed E-state index contributed by atoms with van der Waals surface area (Å²) in [5.41, 5.74) is 1.92. The van der Waals surface area contributed by atoms with E-state index >= 15 is 0 Å². The molecule has 0 amide bonds. The van der Waals surface area contributed by atoms with Gasteiger partial charge in [0.15, 0.2) is 0 Å². The topological polar surface area (TPSA) is 84.9 Å². The summed E-state index contributed by atoms with van der Waals surface area (Å²) < 4.78 is 5.36. The molecule has 2 aromatic rings. The Balaban J connectivity index is 0.000000550. The Morgan fingerprint density at radius 3 is 2.47 bits per heavy atom. The van der Waals surface area contributed by atoms with Crippen LogP contribution < -0.4 is 4.74 Å². The molecular weight excluding hydrogens is 246 g/mol. The Hall–Kier alpha value is -2.72. The van der Waals surface area contributed by atoms with Gasteiger partial charge in [-0.2, -0.15) is 25.0 Å². The standard InChI is InChI=1S/C12H13N3O.CO2/c1-2-16-12-7-4-10(5-8-12)3-6-11-9-13-15-14-11;2-1-3/h3-9H,2H2,1H3,(H,13,14,15);. The molecule has 0 bridgehead atoms. The average Bonchev–Trinajstić information content (AvgIpc) is 2.92. The Morgan fingerprint density at radius 1 is 1.26 bits per heavy atom. The van der Waals surface area contributed by atoms with E-state index in [2.05, 4.69) is 15.4 Å². The molecule has 0 fully saturated rings. The molecule has 0 aliphatic carbocycles. The minimum Gasteiger partial charge on any atom is -0.494 e. The number of hydrogen-bond donors (Lipinski definition) is 1. The fraction of sp³-hybridized carbons (Fsp3) is 0.154. The minimum absolute atomic E-state index is 0.250. The number of rotatable bonds is 4. The van der Waals surface area contributed by atoms with E-state index in [1.165, 1.54) is 0 Å². The molecule has 0 unspecified atom stereocenters. The first-order valence-electron chi connectivity index (χ1n) is 5.56. The summed E-state index contributed by atoms with van der Waals surface area (Å²) in [6.07, 6.45) is 5.80. The van der Waals surface area contributed by atoms with Crippen LogP contribution >= 0.6 is 0 Å². The Kier molecular flexibility index (Phi) is 6.33. The summed E-state index contributed by atoms with van der Waals surface area (Å²) in [6.45, 7) is 2.66. The summed E-state index contributed by atoms with van der Waals surface area (Å²) in [7, 11) is 0. The molecule has 6 nitrogen and oxygen atoms in total. The van der Waals surface area contributed by atoms with Crippen LogP contribution in [0.2, 0.25) is 0 Å². The molecule has 0 spiro atoms. The van der Waals surface area contributed by atoms with Gasteiger partial charge in [0.25, 0.3) is 0 Å². The second kappa shape index (κ2) is 8.38. The van der Waals surface area contributed by atoms with E-state index in [-0.39, 0.29) is 6.15 Å². The lowest BCUT2D eigenvalue weighted by Crippen LogP contribution is -1.90. The molecule has 1 N–H and O–H groups in total. The number of aromatic nitrogens is 3. The number of carbonyl (C=O) groups excluding carboxylic acids is 2. The van der Waals surface area contributed by atoms with Gasteiger partial charge in [0.05, 0.1) is 12.8 Å². The highest BCUT2D eigenvalue weighted by Crippen LogP contribution is 2.13. The molecule has 2 rings (SSSR count). The molecule has 98 valence electrons. The highest BCUT2D eigenvalue weighted by Gasteiger charge is 1.92. The molecule has 1 aromatic heterocycles. The highest BCUT2D eigenvalue weighted by atomic mass is 16.5. The van der Waals surface area contributed by atoms with Crippen molar-refractivity contribution >= 4 is 18.3 Å². The van der Waals surface area contributed by atoms with Gasteiger partial charge in [-0.15, -0.1) is 0 Å². The van der Waals surface area contributed by atoms with Gasteiger partial charge in [0.2, 0.25) is 0 Å². The third kappa shape index (κ3) is 5.43. The van der Waals surface area contributed by atoms with Crippen LogP contribution in [-0.4, -0.2) is 28.2 Å². The molecule has 19 heavy (non-hydrogen) atoms. The lowest BCUT2D eigenvalue weighted by molar-refractivity contribution is -0.191. The normalized spacial score (nSPS) is 9.53. The largest absolute Gasteiger partial charge is 0.494 e. The maximum absolute atomic E-state index is 8.12. The van der Waals surface area contributed by atoms with E-state index in [0.29, 0.717) is 6.61 Å². The predicted molar refractivity (Wildman–Crippen MR) is 67.9 cm³/mol. The number of H-pyrrole nitrogens is 1. The molecule has 6 heteroatoms.